The van der Waals surface area contributed by atoms with Gasteiger partial charge in [0.25, 0.3) is 0 Å². The van der Waals surface area contributed by atoms with Crippen molar-refractivity contribution in [2.24, 2.45) is 5.92 Å². The summed E-state index contributed by atoms with van der Waals surface area (Å²) in [6.45, 7) is 4.17. The van der Waals surface area contributed by atoms with Crippen LogP contribution in [-0.4, -0.2) is 79.1 Å². The Morgan fingerprint density at radius 3 is 2.67 bits per heavy atom. The molecule has 2 saturated heterocycles. The first-order chi connectivity index (χ1) is 13.3. The summed E-state index contributed by atoms with van der Waals surface area (Å²) >= 11 is 0. The molecule has 0 aliphatic carbocycles. The fourth-order valence-electron chi connectivity index (χ4n) is 3.73. The van der Waals surface area contributed by atoms with Gasteiger partial charge >= 0.3 is 6.03 Å². The molecule has 2 fully saturated rings. The second-order valence-electron chi connectivity index (χ2n) is 6.92. The van der Waals surface area contributed by atoms with Crippen molar-refractivity contribution < 1.29 is 18.7 Å². The highest BCUT2D eigenvalue weighted by Gasteiger charge is 2.40. The second-order valence-corrected chi connectivity index (χ2v) is 6.92. The van der Waals surface area contributed by atoms with Crippen molar-refractivity contribution in [1.29, 1.82) is 0 Å². The number of urea groups is 1. The number of methoxy groups -OCH3 is 1. The van der Waals surface area contributed by atoms with Gasteiger partial charge in [-0.15, -0.1) is 10.2 Å². The minimum Gasteiger partial charge on any atom is -0.420 e. The quantitative estimate of drug-likeness (QED) is 0.815. The molecule has 0 unspecified atom stereocenters. The molecule has 1 aromatic heterocycles. The highest BCUT2D eigenvalue weighted by atomic mass is 16.5. The Balaban J connectivity index is 1.51. The summed E-state index contributed by atoms with van der Waals surface area (Å²) < 4.78 is 16.7. The van der Waals surface area contributed by atoms with Crippen LogP contribution < -0.4 is 0 Å². The van der Waals surface area contributed by atoms with E-state index in [1.54, 1.807) is 7.11 Å². The van der Waals surface area contributed by atoms with E-state index in [9.17, 15) is 4.79 Å². The molecule has 2 aliphatic heterocycles. The highest BCUT2D eigenvalue weighted by molar-refractivity contribution is 5.75. The molecule has 8 heteroatoms. The summed E-state index contributed by atoms with van der Waals surface area (Å²) in [7, 11) is 1.67. The molecule has 0 spiro atoms. The number of hydrogen-bond acceptors (Lipinski definition) is 6. The van der Waals surface area contributed by atoms with E-state index in [2.05, 4.69) is 10.2 Å². The van der Waals surface area contributed by atoms with Crippen LogP contribution in [0, 0.1) is 5.92 Å². The number of rotatable bonds is 4. The first-order valence-electron chi connectivity index (χ1n) is 9.25. The first kappa shape index (κ1) is 17.9. The monoisotopic (exact) mass is 372 g/mol. The third-order valence-corrected chi connectivity index (χ3v) is 5.15. The average Bonchev–Trinajstić information content (AvgIpc) is 3.36. The Labute approximate surface area is 158 Å². The van der Waals surface area contributed by atoms with Crippen molar-refractivity contribution in [2.45, 2.75) is 5.92 Å². The molecule has 2 aliphatic rings. The summed E-state index contributed by atoms with van der Waals surface area (Å²) in [6.07, 6.45) is 0. The zero-order chi connectivity index (χ0) is 18.6. The molecule has 8 nitrogen and oxygen atoms in total. The standard InChI is InChI=1S/C19H24N4O4/c1-25-13-15-11-23(19(24)22-7-9-26-10-8-22)12-16(15)18-21-20-17(27-18)14-5-3-2-4-6-14/h2-6,15-16H,7-13H2,1H3/t15-,16+/m0/s1. The predicted molar refractivity (Wildman–Crippen MR) is 97.2 cm³/mol. The topological polar surface area (TPSA) is 80.9 Å². The van der Waals surface area contributed by atoms with E-state index in [0.29, 0.717) is 57.8 Å². The molecule has 3 heterocycles. The van der Waals surface area contributed by atoms with Crippen LogP contribution in [0.25, 0.3) is 11.5 Å². The summed E-state index contributed by atoms with van der Waals surface area (Å²) in [5, 5.41) is 8.47. The molecule has 0 radical (unpaired) electrons. The summed E-state index contributed by atoms with van der Waals surface area (Å²) in [5.74, 6) is 1.16. The van der Waals surface area contributed by atoms with Gasteiger partial charge in [0.15, 0.2) is 0 Å². The molecule has 2 amide bonds. The Morgan fingerprint density at radius 1 is 1.15 bits per heavy atom. The number of likely N-dealkylation sites (tertiary alicyclic amines) is 1. The van der Waals surface area contributed by atoms with Crippen molar-refractivity contribution in [3.05, 3.63) is 36.2 Å². The van der Waals surface area contributed by atoms with Crippen LogP contribution in [-0.2, 0) is 9.47 Å². The van der Waals surface area contributed by atoms with Crippen LogP contribution in [0.4, 0.5) is 4.79 Å². The minimum absolute atomic E-state index is 0.0279. The number of amides is 2. The molecule has 4 rings (SSSR count). The van der Waals surface area contributed by atoms with Gasteiger partial charge in [0.2, 0.25) is 11.8 Å². The second kappa shape index (κ2) is 8.06. The van der Waals surface area contributed by atoms with Crippen LogP contribution >= 0.6 is 0 Å². The fraction of sp³-hybridized carbons (Fsp3) is 0.526. The van der Waals surface area contributed by atoms with Crippen LogP contribution in [0.3, 0.4) is 0 Å². The molecule has 27 heavy (non-hydrogen) atoms. The first-order valence-corrected chi connectivity index (χ1v) is 9.25. The number of hydrogen-bond donors (Lipinski definition) is 0. The largest absolute Gasteiger partial charge is 0.420 e. The fourth-order valence-corrected chi connectivity index (χ4v) is 3.73. The smallest absolute Gasteiger partial charge is 0.320 e. The maximum absolute atomic E-state index is 12.8. The van der Waals surface area contributed by atoms with Crippen molar-refractivity contribution in [3.63, 3.8) is 0 Å². The lowest BCUT2D eigenvalue weighted by molar-refractivity contribution is 0.0444. The van der Waals surface area contributed by atoms with Gasteiger partial charge in [0.1, 0.15) is 0 Å². The van der Waals surface area contributed by atoms with E-state index >= 15 is 0 Å². The van der Waals surface area contributed by atoms with Gasteiger partial charge in [-0.05, 0) is 12.1 Å². The molecule has 0 N–H and O–H groups in total. The summed E-state index contributed by atoms with van der Waals surface area (Å²) in [5.41, 5.74) is 0.888. The van der Waals surface area contributed by atoms with E-state index in [1.807, 2.05) is 40.1 Å². The van der Waals surface area contributed by atoms with Crippen molar-refractivity contribution >= 4 is 6.03 Å². The van der Waals surface area contributed by atoms with Crippen LogP contribution in [0.1, 0.15) is 11.8 Å². The maximum atomic E-state index is 12.8. The normalized spacial score (nSPS) is 23.0. The van der Waals surface area contributed by atoms with E-state index in [4.69, 9.17) is 13.9 Å². The van der Waals surface area contributed by atoms with Crippen molar-refractivity contribution in [2.75, 3.05) is 53.1 Å². The van der Waals surface area contributed by atoms with Crippen LogP contribution in [0.5, 0.6) is 0 Å². The lowest BCUT2D eigenvalue weighted by Crippen LogP contribution is -2.47. The van der Waals surface area contributed by atoms with Gasteiger partial charge in [0, 0.05) is 44.8 Å². The van der Waals surface area contributed by atoms with E-state index < -0.39 is 0 Å². The van der Waals surface area contributed by atoms with E-state index in [-0.39, 0.29) is 17.9 Å². The zero-order valence-electron chi connectivity index (χ0n) is 15.4. The third-order valence-electron chi connectivity index (χ3n) is 5.15. The average molecular weight is 372 g/mol. The number of carbonyl (C=O) groups is 1. The molecule has 1 aromatic carbocycles. The van der Waals surface area contributed by atoms with Gasteiger partial charge in [-0.25, -0.2) is 4.79 Å². The minimum atomic E-state index is -0.0279. The number of aromatic nitrogens is 2. The van der Waals surface area contributed by atoms with Crippen molar-refractivity contribution in [3.8, 4) is 11.5 Å². The Bertz CT molecular complexity index is 760. The summed E-state index contributed by atoms with van der Waals surface area (Å²) in [4.78, 5) is 16.6. The van der Waals surface area contributed by atoms with E-state index in [1.165, 1.54) is 0 Å². The van der Waals surface area contributed by atoms with Crippen molar-refractivity contribution in [1.82, 2.24) is 20.0 Å². The van der Waals surface area contributed by atoms with Gasteiger partial charge in [-0.3, -0.25) is 0 Å². The molecular weight excluding hydrogens is 348 g/mol. The highest BCUT2D eigenvalue weighted by Crippen LogP contribution is 2.34. The number of morpholine rings is 1. The lowest BCUT2D eigenvalue weighted by atomic mass is 9.97. The Kier molecular flexibility index (Phi) is 5.35. The maximum Gasteiger partial charge on any atom is 0.320 e. The van der Waals surface area contributed by atoms with Gasteiger partial charge in [-0.1, -0.05) is 18.2 Å². The van der Waals surface area contributed by atoms with Gasteiger partial charge in [0.05, 0.1) is 25.7 Å². The molecule has 2 atom stereocenters. The lowest BCUT2D eigenvalue weighted by Gasteiger charge is -2.31. The molecule has 144 valence electrons. The van der Waals surface area contributed by atoms with Crippen LogP contribution in [0.2, 0.25) is 0 Å². The number of ether oxygens (including phenoxy) is 2. The SMILES string of the molecule is COC[C@@H]1CN(C(=O)N2CCOCC2)C[C@H]1c1nnc(-c2ccccc2)o1. The van der Waals surface area contributed by atoms with Gasteiger partial charge < -0.3 is 23.7 Å². The number of nitrogens with zero attached hydrogens (tertiary/aromatic N) is 4. The molecule has 0 bridgehead atoms. The molecule has 2 aromatic rings. The zero-order valence-corrected chi connectivity index (χ0v) is 15.4. The number of benzene rings is 1. The molecule has 0 saturated carbocycles. The Hall–Kier alpha value is -2.45. The summed E-state index contributed by atoms with van der Waals surface area (Å²) in [6, 6.07) is 9.74. The number of carbonyl (C=O) groups excluding carboxylic acids is 1. The third kappa shape index (κ3) is 3.81. The van der Waals surface area contributed by atoms with Gasteiger partial charge in [-0.2, -0.15) is 0 Å². The predicted octanol–water partition coefficient (Wildman–Crippen LogP) is 1.85. The van der Waals surface area contributed by atoms with E-state index in [0.717, 1.165) is 5.56 Å². The Morgan fingerprint density at radius 2 is 1.93 bits per heavy atom. The van der Waals surface area contributed by atoms with Crippen LogP contribution in [0.15, 0.2) is 34.7 Å². The molecular formula is C19H24N4O4.